The SMILES string of the molecule is Cc1cc(C(F)(F)F)nc(CNCC2(O)CNCCOC2)n1.Cl.Cl. The number of nitrogens with one attached hydrogen (secondary N) is 2. The minimum absolute atomic E-state index is 0. The summed E-state index contributed by atoms with van der Waals surface area (Å²) in [4.78, 5) is 7.47. The zero-order chi connectivity index (χ0) is 16.2. The van der Waals surface area contributed by atoms with E-state index in [1.807, 2.05) is 0 Å². The Labute approximate surface area is 150 Å². The molecule has 1 aliphatic heterocycles. The fourth-order valence-electron chi connectivity index (χ4n) is 2.15. The first kappa shape index (κ1) is 23.3. The van der Waals surface area contributed by atoms with Crippen molar-refractivity contribution in [3.05, 3.63) is 23.3 Å². The molecule has 1 fully saturated rings. The van der Waals surface area contributed by atoms with Crippen LogP contribution in [0.2, 0.25) is 0 Å². The molecule has 2 rings (SSSR count). The van der Waals surface area contributed by atoms with Crippen LogP contribution in [0.1, 0.15) is 17.2 Å². The number of aromatic nitrogens is 2. The molecule has 0 saturated carbocycles. The predicted octanol–water partition coefficient (Wildman–Crippen LogP) is 1.09. The smallest absolute Gasteiger partial charge is 0.385 e. The van der Waals surface area contributed by atoms with Gasteiger partial charge in [-0.1, -0.05) is 0 Å². The molecule has 1 aromatic heterocycles. The molecule has 0 amide bonds. The quantitative estimate of drug-likeness (QED) is 0.711. The minimum Gasteiger partial charge on any atom is -0.385 e. The van der Waals surface area contributed by atoms with E-state index in [9.17, 15) is 18.3 Å². The zero-order valence-electron chi connectivity index (χ0n) is 13.0. The van der Waals surface area contributed by atoms with E-state index >= 15 is 0 Å². The number of hydrogen-bond donors (Lipinski definition) is 3. The molecular formula is C13H21Cl2F3N4O2. The first-order chi connectivity index (χ1) is 10.3. The largest absolute Gasteiger partial charge is 0.433 e. The van der Waals surface area contributed by atoms with Crippen molar-refractivity contribution in [1.82, 2.24) is 20.6 Å². The molecule has 0 aromatic carbocycles. The molecule has 1 aliphatic rings. The summed E-state index contributed by atoms with van der Waals surface area (Å²) in [6, 6.07) is 0.903. The molecule has 140 valence electrons. The number of hydrogen-bond acceptors (Lipinski definition) is 6. The monoisotopic (exact) mass is 392 g/mol. The Kier molecular flexibility index (Phi) is 9.40. The molecule has 1 unspecified atom stereocenters. The van der Waals surface area contributed by atoms with Crippen LogP contribution < -0.4 is 10.6 Å². The standard InChI is InChI=1S/C13H19F3N4O2.2ClH/c1-9-4-10(13(14,15)16)20-11(19-9)5-18-7-12(21)6-17-2-3-22-8-12;;/h4,17-18,21H,2-3,5-8H2,1H3;2*1H. The summed E-state index contributed by atoms with van der Waals surface area (Å²) in [6.07, 6.45) is -4.50. The van der Waals surface area contributed by atoms with Crippen LogP contribution in [0, 0.1) is 6.92 Å². The molecule has 3 N–H and O–H groups in total. The number of ether oxygens (including phenoxy) is 1. The van der Waals surface area contributed by atoms with Crippen LogP contribution in [0.25, 0.3) is 0 Å². The first-order valence-electron chi connectivity index (χ1n) is 6.92. The van der Waals surface area contributed by atoms with Gasteiger partial charge in [0.25, 0.3) is 0 Å². The van der Waals surface area contributed by atoms with Crippen LogP contribution in [0.3, 0.4) is 0 Å². The number of halogens is 5. The Morgan fingerprint density at radius 3 is 2.75 bits per heavy atom. The van der Waals surface area contributed by atoms with Crippen molar-refractivity contribution in [2.45, 2.75) is 25.2 Å². The molecule has 6 nitrogen and oxygen atoms in total. The van der Waals surface area contributed by atoms with E-state index in [2.05, 4.69) is 20.6 Å². The van der Waals surface area contributed by atoms with E-state index in [0.717, 1.165) is 6.07 Å². The molecule has 11 heteroatoms. The molecule has 2 heterocycles. The van der Waals surface area contributed by atoms with Crippen LogP contribution in [-0.2, 0) is 17.5 Å². The van der Waals surface area contributed by atoms with Crippen molar-refractivity contribution in [3.63, 3.8) is 0 Å². The minimum atomic E-state index is -4.50. The highest BCUT2D eigenvalue weighted by molar-refractivity contribution is 5.85. The lowest BCUT2D eigenvalue weighted by molar-refractivity contribution is -0.141. The number of nitrogens with zero attached hydrogens (tertiary/aromatic N) is 2. The molecule has 1 aromatic rings. The second-order valence-corrected chi connectivity index (χ2v) is 5.37. The Morgan fingerprint density at radius 2 is 2.08 bits per heavy atom. The molecule has 1 saturated heterocycles. The molecule has 0 radical (unpaired) electrons. The highest BCUT2D eigenvalue weighted by atomic mass is 35.5. The summed E-state index contributed by atoms with van der Waals surface area (Å²) in [7, 11) is 0. The van der Waals surface area contributed by atoms with Crippen LogP contribution in [-0.4, -0.2) is 53.5 Å². The lowest BCUT2D eigenvalue weighted by Crippen LogP contribution is -2.50. The summed E-state index contributed by atoms with van der Waals surface area (Å²) in [6.45, 7) is 3.36. The third kappa shape index (κ3) is 7.04. The molecule has 24 heavy (non-hydrogen) atoms. The van der Waals surface area contributed by atoms with Crippen molar-refractivity contribution in [2.24, 2.45) is 0 Å². The molecular weight excluding hydrogens is 372 g/mol. The molecule has 0 aliphatic carbocycles. The summed E-state index contributed by atoms with van der Waals surface area (Å²) in [5.74, 6) is 0.0402. The number of aryl methyl sites for hydroxylation is 1. The lowest BCUT2D eigenvalue weighted by Gasteiger charge is -2.26. The average molecular weight is 393 g/mol. The highest BCUT2D eigenvalue weighted by Gasteiger charge is 2.33. The van der Waals surface area contributed by atoms with E-state index in [1.54, 1.807) is 0 Å². The van der Waals surface area contributed by atoms with Crippen molar-refractivity contribution < 1.29 is 23.0 Å². The van der Waals surface area contributed by atoms with Crippen LogP contribution >= 0.6 is 24.8 Å². The maximum atomic E-state index is 12.7. The van der Waals surface area contributed by atoms with Gasteiger partial charge in [0.1, 0.15) is 17.1 Å². The zero-order valence-corrected chi connectivity index (χ0v) is 14.7. The van der Waals surface area contributed by atoms with Gasteiger partial charge in [0.2, 0.25) is 0 Å². The third-order valence-corrected chi connectivity index (χ3v) is 3.18. The molecule has 0 spiro atoms. The van der Waals surface area contributed by atoms with E-state index in [4.69, 9.17) is 4.74 Å². The van der Waals surface area contributed by atoms with Crippen molar-refractivity contribution in [1.29, 1.82) is 0 Å². The highest BCUT2D eigenvalue weighted by Crippen LogP contribution is 2.27. The van der Waals surface area contributed by atoms with Crippen LogP contribution in [0.4, 0.5) is 13.2 Å². The van der Waals surface area contributed by atoms with Gasteiger partial charge in [0.05, 0.1) is 19.8 Å². The van der Waals surface area contributed by atoms with Gasteiger partial charge in [-0.3, -0.25) is 0 Å². The lowest BCUT2D eigenvalue weighted by atomic mass is 10.1. The number of alkyl halides is 3. The van der Waals surface area contributed by atoms with Gasteiger partial charge in [-0.2, -0.15) is 13.2 Å². The van der Waals surface area contributed by atoms with Crippen molar-refractivity contribution >= 4 is 24.8 Å². The maximum Gasteiger partial charge on any atom is 0.433 e. The Hall–Kier alpha value is -0.710. The van der Waals surface area contributed by atoms with Crippen LogP contribution in [0.5, 0.6) is 0 Å². The van der Waals surface area contributed by atoms with Gasteiger partial charge < -0.3 is 20.5 Å². The van der Waals surface area contributed by atoms with Crippen molar-refractivity contribution in [2.75, 3.05) is 32.8 Å². The van der Waals surface area contributed by atoms with Crippen molar-refractivity contribution in [3.8, 4) is 0 Å². The summed E-state index contributed by atoms with van der Waals surface area (Å²) < 4.78 is 43.3. The molecule has 1 atom stereocenters. The first-order valence-corrected chi connectivity index (χ1v) is 6.92. The van der Waals surface area contributed by atoms with Gasteiger partial charge in [0, 0.05) is 25.3 Å². The normalized spacial score (nSPS) is 21.4. The van der Waals surface area contributed by atoms with Gasteiger partial charge in [-0.15, -0.1) is 24.8 Å². The van der Waals surface area contributed by atoms with Gasteiger partial charge in [-0.25, -0.2) is 9.97 Å². The third-order valence-electron chi connectivity index (χ3n) is 3.18. The van der Waals surface area contributed by atoms with Gasteiger partial charge in [0.15, 0.2) is 0 Å². The summed E-state index contributed by atoms with van der Waals surface area (Å²) in [5, 5.41) is 16.2. The number of aliphatic hydroxyl groups is 1. The van der Waals surface area contributed by atoms with E-state index < -0.39 is 17.5 Å². The fourth-order valence-corrected chi connectivity index (χ4v) is 2.15. The summed E-state index contributed by atoms with van der Waals surface area (Å²) in [5.41, 5.74) is -1.82. The van der Waals surface area contributed by atoms with Gasteiger partial charge in [-0.05, 0) is 13.0 Å². The van der Waals surface area contributed by atoms with Gasteiger partial charge >= 0.3 is 6.18 Å². The molecule has 0 bridgehead atoms. The maximum absolute atomic E-state index is 12.7. The van der Waals surface area contributed by atoms with Crippen LogP contribution in [0.15, 0.2) is 6.07 Å². The predicted molar refractivity (Wildman–Crippen MR) is 86.6 cm³/mol. The van der Waals surface area contributed by atoms with E-state index in [1.165, 1.54) is 6.92 Å². The van der Waals surface area contributed by atoms with E-state index in [0.29, 0.717) is 19.7 Å². The number of rotatable bonds is 4. The average Bonchev–Trinajstić information content (AvgIpc) is 2.62. The topological polar surface area (TPSA) is 79.3 Å². The second kappa shape index (κ2) is 9.69. The Morgan fingerprint density at radius 1 is 1.38 bits per heavy atom. The van der Waals surface area contributed by atoms with E-state index in [-0.39, 0.29) is 56.0 Å². The number of β-amino-alcohol motifs (C(OH)–C–C–N with tert-alkyl or cyclic N) is 1. The Bertz CT molecular complexity index is 512. The second-order valence-electron chi connectivity index (χ2n) is 5.37. The Balaban J connectivity index is 0.00000264. The fraction of sp³-hybridized carbons (Fsp3) is 0.692. The summed E-state index contributed by atoms with van der Waals surface area (Å²) >= 11 is 0.